The molecule has 2 rings (SSSR count). The van der Waals surface area contributed by atoms with Crippen LogP contribution in [0.4, 0.5) is 0 Å². The zero-order valence-electron chi connectivity index (χ0n) is 10.4. The lowest BCUT2D eigenvalue weighted by Crippen LogP contribution is -2.39. The Morgan fingerprint density at radius 3 is 3.00 bits per heavy atom. The molecule has 2 atom stereocenters. The highest BCUT2D eigenvalue weighted by Gasteiger charge is 2.48. The molecular formula is C12H16N3O2S+. The number of hydrogen-bond donors (Lipinski definition) is 1. The molecule has 1 N–H and O–H groups in total. The van der Waals surface area contributed by atoms with Gasteiger partial charge in [0.2, 0.25) is 0 Å². The van der Waals surface area contributed by atoms with E-state index in [-0.39, 0.29) is 17.7 Å². The third-order valence-corrected chi connectivity index (χ3v) is 3.60. The summed E-state index contributed by atoms with van der Waals surface area (Å²) in [7, 11) is 0. The Hall–Kier alpha value is -1.27. The summed E-state index contributed by atoms with van der Waals surface area (Å²) in [6, 6.07) is 5.52. The molecule has 5 nitrogen and oxygen atoms in total. The first-order chi connectivity index (χ1) is 8.49. The smallest absolute Gasteiger partial charge is 0.333 e. The number of carbonyl (C=O) groups is 1. The Morgan fingerprint density at radius 1 is 1.67 bits per heavy atom. The van der Waals surface area contributed by atoms with E-state index >= 15 is 0 Å². The predicted molar refractivity (Wildman–Crippen MR) is 67.4 cm³/mol. The zero-order chi connectivity index (χ0) is 13.2. The standard InChI is InChI=1S/C12H16N3O2S/c1-9-7-12(2,17)15(14-9)11(16)8-18-10-5-3-4-6-13-10/h3-6,9,17H,7-8H2,1-2H3/q+1. The largest absolute Gasteiger partial charge is 0.424 e. The summed E-state index contributed by atoms with van der Waals surface area (Å²) >= 11 is 1.34. The molecule has 2 unspecified atom stereocenters. The van der Waals surface area contributed by atoms with Crippen LogP contribution in [0.1, 0.15) is 20.3 Å². The Morgan fingerprint density at radius 2 is 2.44 bits per heavy atom. The molecule has 96 valence electrons. The van der Waals surface area contributed by atoms with Gasteiger partial charge in [-0.25, -0.2) is 9.78 Å². The number of pyridine rings is 1. The molecule has 0 bridgehead atoms. The topological polar surface area (TPSA) is 65.6 Å². The Bertz CT molecular complexity index is 473. The lowest BCUT2D eigenvalue weighted by Gasteiger charge is -2.09. The first-order valence-electron chi connectivity index (χ1n) is 5.79. The number of hydrogen-bond acceptors (Lipinski definition) is 5. The molecule has 0 aromatic carbocycles. The van der Waals surface area contributed by atoms with Gasteiger partial charge in [0.15, 0.2) is 0 Å². The van der Waals surface area contributed by atoms with Gasteiger partial charge in [-0.05, 0) is 28.9 Å². The van der Waals surface area contributed by atoms with Gasteiger partial charge >= 0.3 is 5.91 Å². The summed E-state index contributed by atoms with van der Waals surface area (Å²) in [6.45, 7) is 3.50. The van der Waals surface area contributed by atoms with Crippen LogP contribution in [0.15, 0.2) is 34.5 Å². The average molecular weight is 266 g/mol. The SMILES string of the molecule is CC1CC(C)(O)[N+](C(=O)CSc2ccccn2)=N1. The monoisotopic (exact) mass is 266 g/mol. The van der Waals surface area contributed by atoms with E-state index < -0.39 is 5.72 Å². The molecule has 1 aliphatic rings. The highest BCUT2D eigenvalue weighted by atomic mass is 32.2. The van der Waals surface area contributed by atoms with Crippen molar-refractivity contribution in [3.8, 4) is 0 Å². The number of thioether (sulfide) groups is 1. The van der Waals surface area contributed by atoms with Crippen molar-refractivity contribution < 1.29 is 14.6 Å². The highest BCUT2D eigenvalue weighted by molar-refractivity contribution is 7.99. The zero-order valence-corrected chi connectivity index (χ0v) is 11.2. The maximum atomic E-state index is 12.0. The normalized spacial score (nSPS) is 27.1. The summed E-state index contributed by atoms with van der Waals surface area (Å²) in [5, 5.41) is 15.0. The maximum Gasteiger partial charge on any atom is 0.424 e. The predicted octanol–water partition coefficient (Wildman–Crippen LogP) is 1.67. The van der Waals surface area contributed by atoms with Crippen LogP contribution in [0.25, 0.3) is 0 Å². The quantitative estimate of drug-likeness (QED) is 0.667. The van der Waals surface area contributed by atoms with Crippen molar-refractivity contribution in [3.63, 3.8) is 0 Å². The number of aromatic nitrogens is 1. The molecule has 0 fully saturated rings. The second kappa shape index (κ2) is 5.16. The molecule has 1 amide bonds. The van der Waals surface area contributed by atoms with E-state index in [1.807, 2.05) is 25.1 Å². The Labute approximate surface area is 110 Å². The van der Waals surface area contributed by atoms with Crippen molar-refractivity contribution in [2.45, 2.75) is 37.1 Å². The van der Waals surface area contributed by atoms with Crippen molar-refractivity contribution in [1.82, 2.24) is 4.98 Å². The number of amides is 1. The summed E-state index contributed by atoms with van der Waals surface area (Å²) in [5.41, 5.74) is -1.17. The third kappa shape index (κ3) is 2.94. The fraction of sp³-hybridized carbons (Fsp3) is 0.500. The second-order valence-corrected chi connectivity index (χ2v) is 5.54. The van der Waals surface area contributed by atoms with Crippen molar-refractivity contribution >= 4 is 17.7 Å². The van der Waals surface area contributed by atoms with Gasteiger partial charge in [0.05, 0.1) is 11.4 Å². The number of aliphatic hydroxyl groups is 1. The molecule has 6 heteroatoms. The van der Waals surface area contributed by atoms with Crippen LogP contribution in [0.3, 0.4) is 0 Å². The van der Waals surface area contributed by atoms with Gasteiger partial charge in [0.25, 0.3) is 5.72 Å². The summed E-state index contributed by atoms with van der Waals surface area (Å²) < 4.78 is 1.20. The van der Waals surface area contributed by atoms with Gasteiger partial charge in [0.1, 0.15) is 11.8 Å². The van der Waals surface area contributed by atoms with E-state index in [9.17, 15) is 9.90 Å². The van der Waals surface area contributed by atoms with Crippen LogP contribution < -0.4 is 0 Å². The lowest BCUT2D eigenvalue weighted by molar-refractivity contribution is -0.621. The highest BCUT2D eigenvalue weighted by Crippen LogP contribution is 2.25. The van der Waals surface area contributed by atoms with Gasteiger partial charge in [-0.15, -0.1) is 0 Å². The molecule has 1 aromatic heterocycles. The van der Waals surface area contributed by atoms with E-state index in [1.165, 1.54) is 16.5 Å². The number of carbonyl (C=O) groups excluding carboxylic acids is 1. The fourth-order valence-corrected chi connectivity index (χ4v) is 2.67. The average Bonchev–Trinajstić information content (AvgIpc) is 2.61. The lowest BCUT2D eigenvalue weighted by atomic mass is 10.1. The van der Waals surface area contributed by atoms with Crippen LogP contribution in [-0.4, -0.2) is 38.2 Å². The third-order valence-electron chi connectivity index (χ3n) is 2.67. The number of azo groups is 2. The first kappa shape index (κ1) is 13.2. The summed E-state index contributed by atoms with van der Waals surface area (Å²) in [5.74, 6) is 0.0311. The number of rotatable bonds is 3. The Balaban J connectivity index is 1.99. The molecule has 2 heterocycles. The molecule has 0 radical (unpaired) electrons. The van der Waals surface area contributed by atoms with Crippen LogP contribution in [-0.2, 0) is 4.79 Å². The summed E-state index contributed by atoms with van der Waals surface area (Å²) in [4.78, 5) is 16.1. The van der Waals surface area contributed by atoms with Crippen LogP contribution >= 0.6 is 11.8 Å². The maximum absolute atomic E-state index is 12.0. The van der Waals surface area contributed by atoms with Crippen LogP contribution in [0, 0.1) is 0 Å². The molecule has 1 aromatic rings. The second-order valence-electron chi connectivity index (χ2n) is 4.55. The van der Waals surface area contributed by atoms with Crippen molar-refractivity contribution in [2.75, 3.05) is 5.75 Å². The minimum Gasteiger partial charge on any atom is -0.333 e. The first-order valence-corrected chi connectivity index (χ1v) is 6.77. The van der Waals surface area contributed by atoms with Gasteiger partial charge in [-0.2, -0.15) is 0 Å². The van der Waals surface area contributed by atoms with Crippen molar-refractivity contribution in [3.05, 3.63) is 24.4 Å². The molecule has 1 aliphatic heterocycles. The van der Waals surface area contributed by atoms with Crippen molar-refractivity contribution in [1.29, 1.82) is 0 Å². The van der Waals surface area contributed by atoms with Crippen LogP contribution in [0.2, 0.25) is 0 Å². The minimum absolute atomic E-state index is 0.0243. The molecule has 0 saturated heterocycles. The summed E-state index contributed by atoms with van der Waals surface area (Å²) in [6.07, 6.45) is 2.16. The van der Waals surface area contributed by atoms with Gasteiger partial charge in [-0.1, -0.05) is 17.8 Å². The minimum atomic E-state index is -1.17. The Kier molecular flexibility index (Phi) is 3.77. The van der Waals surface area contributed by atoms with Gasteiger partial charge < -0.3 is 5.11 Å². The van der Waals surface area contributed by atoms with E-state index in [2.05, 4.69) is 10.1 Å². The molecule has 0 spiro atoms. The van der Waals surface area contributed by atoms with Gasteiger partial charge in [-0.3, -0.25) is 0 Å². The number of nitrogens with zero attached hydrogens (tertiary/aromatic N) is 3. The van der Waals surface area contributed by atoms with Crippen molar-refractivity contribution in [2.24, 2.45) is 5.11 Å². The fourth-order valence-electron chi connectivity index (χ4n) is 1.97. The van der Waals surface area contributed by atoms with E-state index in [0.29, 0.717) is 6.42 Å². The van der Waals surface area contributed by atoms with E-state index in [4.69, 9.17) is 0 Å². The molecule has 0 saturated carbocycles. The van der Waals surface area contributed by atoms with Crippen LogP contribution in [0.5, 0.6) is 0 Å². The van der Waals surface area contributed by atoms with Gasteiger partial charge in [0, 0.05) is 13.1 Å². The molecule has 18 heavy (non-hydrogen) atoms. The molecule has 0 aliphatic carbocycles. The molecular weight excluding hydrogens is 250 g/mol. The van der Waals surface area contributed by atoms with E-state index in [0.717, 1.165) is 5.03 Å². The van der Waals surface area contributed by atoms with E-state index in [1.54, 1.807) is 13.1 Å².